The number of likely N-dealkylation sites (tertiary alicyclic amines) is 1. The molecule has 1 saturated heterocycles. The van der Waals surface area contributed by atoms with Gasteiger partial charge in [0.1, 0.15) is 12.4 Å². The highest BCUT2D eigenvalue weighted by atomic mass is 35.5. The van der Waals surface area contributed by atoms with Crippen LogP contribution in [0.5, 0.6) is 5.75 Å². The first-order valence-electron chi connectivity index (χ1n) is 7.64. The van der Waals surface area contributed by atoms with Crippen molar-refractivity contribution in [2.75, 3.05) is 13.1 Å². The third-order valence-electron chi connectivity index (χ3n) is 3.91. The largest absolute Gasteiger partial charge is 0.489 e. The Hall–Kier alpha value is -2.04. The van der Waals surface area contributed by atoms with Crippen LogP contribution in [-0.2, 0) is 6.61 Å². The number of nitrogens with zero attached hydrogens (tertiary/aromatic N) is 1. The highest BCUT2D eigenvalue weighted by molar-refractivity contribution is 6.30. The molecule has 1 heterocycles. The number of rotatable bonds is 4. The summed E-state index contributed by atoms with van der Waals surface area (Å²) >= 11 is 5.87. The van der Waals surface area contributed by atoms with E-state index in [0.717, 1.165) is 18.5 Å². The van der Waals surface area contributed by atoms with E-state index in [4.69, 9.17) is 22.1 Å². The van der Waals surface area contributed by atoms with E-state index in [0.29, 0.717) is 29.5 Å². The molecule has 1 fully saturated rings. The van der Waals surface area contributed by atoms with Crippen LogP contribution in [0.1, 0.15) is 22.3 Å². The summed E-state index contributed by atoms with van der Waals surface area (Å²) in [5, 5.41) is 0.699. The fourth-order valence-corrected chi connectivity index (χ4v) is 2.75. The topological polar surface area (TPSA) is 55.6 Å². The number of ether oxygens (including phenoxy) is 1. The van der Waals surface area contributed by atoms with Gasteiger partial charge >= 0.3 is 0 Å². The Morgan fingerprint density at radius 3 is 2.74 bits per heavy atom. The molecule has 1 aliphatic heterocycles. The van der Waals surface area contributed by atoms with Gasteiger partial charge in [-0.2, -0.15) is 0 Å². The van der Waals surface area contributed by atoms with Crippen molar-refractivity contribution in [3.8, 4) is 5.75 Å². The zero-order chi connectivity index (χ0) is 16.2. The molecule has 2 aromatic carbocycles. The molecule has 120 valence electrons. The minimum absolute atomic E-state index is 0.00916. The van der Waals surface area contributed by atoms with Crippen molar-refractivity contribution in [3.05, 3.63) is 64.7 Å². The molecule has 0 aliphatic carbocycles. The van der Waals surface area contributed by atoms with Crippen LogP contribution in [0.15, 0.2) is 48.5 Å². The molecule has 0 spiro atoms. The first-order chi connectivity index (χ1) is 11.1. The van der Waals surface area contributed by atoms with Gasteiger partial charge in [0.15, 0.2) is 0 Å². The number of carbonyl (C=O) groups excluding carboxylic acids is 1. The van der Waals surface area contributed by atoms with Crippen molar-refractivity contribution >= 4 is 17.5 Å². The van der Waals surface area contributed by atoms with Gasteiger partial charge in [0.05, 0.1) is 0 Å². The van der Waals surface area contributed by atoms with Crippen molar-refractivity contribution < 1.29 is 9.53 Å². The van der Waals surface area contributed by atoms with Crippen LogP contribution in [0.3, 0.4) is 0 Å². The summed E-state index contributed by atoms with van der Waals surface area (Å²) < 4.78 is 5.77. The number of halogens is 1. The van der Waals surface area contributed by atoms with Gasteiger partial charge in [0, 0.05) is 29.7 Å². The lowest BCUT2D eigenvalue weighted by Gasteiger charge is -2.16. The summed E-state index contributed by atoms with van der Waals surface area (Å²) in [6, 6.07) is 14.9. The molecular formula is C18H19ClN2O2. The van der Waals surface area contributed by atoms with Gasteiger partial charge in [0.25, 0.3) is 5.91 Å². The van der Waals surface area contributed by atoms with E-state index in [1.54, 1.807) is 17.0 Å². The summed E-state index contributed by atoms with van der Waals surface area (Å²) in [5.41, 5.74) is 7.52. The second-order valence-electron chi connectivity index (χ2n) is 5.74. The van der Waals surface area contributed by atoms with Crippen LogP contribution < -0.4 is 10.5 Å². The molecule has 4 nitrogen and oxygen atoms in total. The van der Waals surface area contributed by atoms with E-state index < -0.39 is 0 Å². The second-order valence-corrected chi connectivity index (χ2v) is 6.18. The standard InChI is InChI=1S/C18H19ClN2O2/c19-15-6-4-13(5-7-15)12-23-17-3-1-2-14(10-17)18(22)21-9-8-16(20)11-21/h1-7,10,16H,8-9,11-12,20H2/t16-/m0/s1. The molecule has 0 aromatic heterocycles. The first-order valence-corrected chi connectivity index (χ1v) is 8.02. The number of benzene rings is 2. The Labute approximate surface area is 140 Å². The Morgan fingerprint density at radius 2 is 2.04 bits per heavy atom. The van der Waals surface area contributed by atoms with Gasteiger partial charge in [-0.25, -0.2) is 0 Å². The zero-order valence-electron chi connectivity index (χ0n) is 12.7. The maximum absolute atomic E-state index is 12.5. The molecule has 1 aliphatic rings. The van der Waals surface area contributed by atoms with E-state index in [-0.39, 0.29) is 11.9 Å². The smallest absolute Gasteiger partial charge is 0.254 e. The Bertz CT molecular complexity index is 688. The van der Waals surface area contributed by atoms with Gasteiger partial charge < -0.3 is 15.4 Å². The SMILES string of the molecule is N[C@H]1CCN(C(=O)c2cccc(OCc3ccc(Cl)cc3)c2)C1. The average Bonchev–Trinajstić information content (AvgIpc) is 3.00. The van der Waals surface area contributed by atoms with Crippen LogP contribution in [0.2, 0.25) is 5.02 Å². The lowest BCUT2D eigenvalue weighted by molar-refractivity contribution is 0.0790. The van der Waals surface area contributed by atoms with E-state index in [2.05, 4.69) is 0 Å². The molecule has 0 saturated carbocycles. The third-order valence-corrected chi connectivity index (χ3v) is 4.16. The molecule has 0 radical (unpaired) electrons. The van der Waals surface area contributed by atoms with E-state index in [9.17, 15) is 4.79 Å². The van der Waals surface area contributed by atoms with Gasteiger partial charge in [-0.15, -0.1) is 0 Å². The summed E-state index contributed by atoms with van der Waals surface area (Å²) in [4.78, 5) is 14.3. The normalized spacial score (nSPS) is 17.3. The molecule has 5 heteroatoms. The monoisotopic (exact) mass is 330 g/mol. The van der Waals surface area contributed by atoms with E-state index in [1.165, 1.54) is 0 Å². The van der Waals surface area contributed by atoms with Gasteiger partial charge in [-0.3, -0.25) is 4.79 Å². The van der Waals surface area contributed by atoms with Crippen molar-refractivity contribution in [3.63, 3.8) is 0 Å². The van der Waals surface area contributed by atoms with E-state index >= 15 is 0 Å². The Kier molecular flexibility index (Phi) is 4.84. The highest BCUT2D eigenvalue weighted by Crippen LogP contribution is 2.19. The molecule has 0 unspecified atom stereocenters. The first kappa shape index (κ1) is 15.8. The van der Waals surface area contributed by atoms with Crippen molar-refractivity contribution in [2.45, 2.75) is 19.1 Å². The predicted octanol–water partition coefficient (Wildman–Crippen LogP) is 3.09. The zero-order valence-corrected chi connectivity index (χ0v) is 13.5. The van der Waals surface area contributed by atoms with Gasteiger partial charge in [0.2, 0.25) is 0 Å². The summed E-state index contributed by atoms with van der Waals surface area (Å²) in [6.45, 7) is 1.77. The highest BCUT2D eigenvalue weighted by Gasteiger charge is 2.24. The van der Waals surface area contributed by atoms with Crippen LogP contribution >= 0.6 is 11.6 Å². The number of carbonyl (C=O) groups is 1. The van der Waals surface area contributed by atoms with Crippen LogP contribution in [-0.4, -0.2) is 29.9 Å². The summed E-state index contributed by atoms with van der Waals surface area (Å²) in [6.07, 6.45) is 0.860. The molecular weight excluding hydrogens is 312 g/mol. The molecule has 0 bridgehead atoms. The second kappa shape index (κ2) is 7.02. The fourth-order valence-electron chi connectivity index (χ4n) is 2.62. The lowest BCUT2D eigenvalue weighted by atomic mass is 10.2. The summed E-state index contributed by atoms with van der Waals surface area (Å²) in [7, 11) is 0. The van der Waals surface area contributed by atoms with Crippen molar-refractivity contribution in [2.24, 2.45) is 5.73 Å². The minimum Gasteiger partial charge on any atom is -0.489 e. The number of amides is 1. The number of nitrogens with two attached hydrogens (primary N) is 1. The molecule has 1 atom stereocenters. The Balaban J connectivity index is 1.65. The fraction of sp³-hybridized carbons (Fsp3) is 0.278. The predicted molar refractivity (Wildman–Crippen MR) is 90.7 cm³/mol. The van der Waals surface area contributed by atoms with Crippen molar-refractivity contribution in [1.29, 1.82) is 0 Å². The average molecular weight is 331 g/mol. The Morgan fingerprint density at radius 1 is 1.26 bits per heavy atom. The van der Waals surface area contributed by atoms with Gasteiger partial charge in [-0.05, 0) is 42.3 Å². The van der Waals surface area contributed by atoms with E-state index in [1.807, 2.05) is 36.4 Å². The van der Waals surface area contributed by atoms with Crippen LogP contribution in [0.25, 0.3) is 0 Å². The lowest BCUT2D eigenvalue weighted by Crippen LogP contribution is -2.31. The minimum atomic E-state index is 0.00916. The summed E-state index contributed by atoms with van der Waals surface area (Å²) in [5.74, 6) is 0.684. The number of hydrogen-bond acceptors (Lipinski definition) is 3. The van der Waals surface area contributed by atoms with Crippen LogP contribution in [0.4, 0.5) is 0 Å². The van der Waals surface area contributed by atoms with Gasteiger partial charge in [-0.1, -0.05) is 29.8 Å². The molecule has 2 N–H and O–H groups in total. The van der Waals surface area contributed by atoms with Crippen molar-refractivity contribution in [1.82, 2.24) is 4.90 Å². The molecule has 1 amide bonds. The molecule has 2 aromatic rings. The van der Waals surface area contributed by atoms with Crippen LogP contribution in [0, 0.1) is 0 Å². The third kappa shape index (κ3) is 4.03. The maximum Gasteiger partial charge on any atom is 0.254 e. The quantitative estimate of drug-likeness (QED) is 0.937. The molecule has 23 heavy (non-hydrogen) atoms. The molecule has 3 rings (SSSR count). The maximum atomic E-state index is 12.5. The number of hydrogen-bond donors (Lipinski definition) is 1.